The van der Waals surface area contributed by atoms with Crippen molar-refractivity contribution in [3.63, 3.8) is 0 Å². The first kappa shape index (κ1) is 19.8. The lowest BCUT2D eigenvalue weighted by Crippen LogP contribution is -2.49. The van der Waals surface area contributed by atoms with Crippen molar-refractivity contribution in [2.75, 3.05) is 37.6 Å². The Morgan fingerprint density at radius 1 is 1.03 bits per heavy atom. The van der Waals surface area contributed by atoms with E-state index in [1.807, 2.05) is 40.1 Å². The van der Waals surface area contributed by atoms with E-state index in [1.54, 1.807) is 0 Å². The molecule has 1 unspecified atom stereocenters. The number of carbonyl (C=O) groups is 2. The molecule has 31 heavy (non-hydrogen) atoms. The minimum Gasteiger partial charge on any atom is -0.340 e. The molecule has 0 N–H and O–H groups in total. The van der Waals surface area contributed by atoms with Gasteiger partial charge in [0.2, 0.25) is 5.91 Å². The summed E-state index contributed by atoms with van der Waals surface area (Å²) in [5.74, 6) is 2.79. The molecule has 1 aliphatic carbocycles. The van der Waals surface area contributed by atoms with Gasteiger partial charge >= 0.3 is 0 Å². The Kier molecular flexibility index (Phi) is 5.25. The summed E-state index contributed by atoms with van der Waals surface area (Å²) in [7, 11) is 0. The molecule has 2 amide bonds. The lowest BCUT2D eigenvalue weighted by atomic mass is 9.96. The molecule has 2 aliphatic heterocycles. The number of anilines is 1. The van der Waals surface area contributed by atoms with Crippen LogP contribution in [-0.4, -0.2) is 54.3 Å². The lowest BCUT2D eigenvalue weighted by Gasteiger charge is -2.35. The Balaban J connectivity index is 1.43. The van der Waals surface area contributed by atoms with E-state index in [9.17, 15) is 9.59 Å². The third kappa shape index (κ3) is 3.62. The van der Waals surface area contributed by atoms with Gasteiger partial charge < -0.3 is 9.80 Å². The van der Waals surface area contributed by atoms with Crippen molar-refractivity contribution in [3.8, 4) is 12.3 Å². The number of para-hydroxylation sites is 1. The molecular weight excluding hydrogens is 386 g/mol. The normalized spacial score (nSPS) is 20.5. The second-order valence-electron chi connectivity index (χ2n) is 8.65. The van der Waals surface area contributed by atoms with Crippen LogP contribution in [0.1, 0.15) is 45.9 Å². The van der Waals surface area contributed by atoms with Gasteiger partial charge in [0, 0.05) is 37.4 Å². The third-order valence-corrected chi connectivity index (χ3v) is 6.83. The Morgan fingerprint density at radius 3 is 2.45 bits per heavy atom. The van der Waals surface area contributed by atoms with Gasteiger partial charge in [0.25, 0.3) is 5.91 Å². The average molecular weight is 414 g/mol. The van der Waals surface area contributed by atoms with E-state index in [4.69, 9.17) is 6.42 Å². The van der Waals surface area contributed by atoms with Gasteiger partial charge in [-0.15, -0.1) is 6.42 Å². The first-order valence-corrected chi connectivity index (χ1v) is 11.1. The predicted octanol–water partition coefficient (Wildman–Crippen LogP) is 3.04. The van der Waals surface area contributed by atoms with Gasteiger partial charge in [0.15, 0.2) is 0 Å². The number of hydrogen-bond donors (Lipinski definition) is 0. The Labute approximate surface area is 183 Å². The van der Waals surface area contributed by atoms with Crippen molar-refractivity contribution in [2.45, 2.75) is 31.7 Å². The third-order valence-electron chi connectivity index (χ3n) is 6.83. The Bertz CT molecular complexity index is 1050. The van der Waals surface area contributed by atoms with E-state index in [0.717, 1.165) is 49.2 Å². The fourth-order valence-corrected chi connectivity index (χ4v) is 5.18. The standard InChI is InChI=1S/C26H27N3O2/c1-2-11-27-12-14-28(15-13-27)25(30)18-24-22-16-19-7-6-8-20(19)17-23(22)26(31)29(24)21-9-4-3-5-10-21/h1,3-5,9-10,16-17,24H,6-8,11-15,18H2. The number of hydrogen-bond acceptors (Lipinski definition) is 3. The maximum absolute atomic E-state index is 13.5. The number of terminal acetylenes is 1. The van der Waals surface area contributed by atoms with Crippen LogP contribution in [0.15, 0.2) is 42.5 Å². The molecule has 0 aromatic heterocycles. The molecule has 1 atom stereocenters. The second-order valence-corrected chi connectivity index (χ2v) is 8.65. The van der Waals surface area contributed by atoms with Gasteiger partial charge in [-0.05, 0) is 54.2 Å². The predicted molar refractivity (Wildman–Crippen MR) is 121 cm³/mol. The van der Waals surface area contributed by atoms with E-state index < -0.39 is 0 Å². The number of nitrogens with zero attached hydrogens (tertiary/aromatic N) is 3. The molecule has 3 aliphatic rings. The smallest absolute Gasteiger partial charge is 0.259 e. The van der Waals surface area contributed by atoms with Crippen molar-refractivity contribution < 1.29 is 9.59 Å². The van der Waals surface area contributed by atoms with E-state index in [2.05, 4.69) is 23.0 Å². The molecule has 1 fully saturated rings. The quantitative estimate of drug-likeness (QED) is 0.724. The molecule has 0 spiro atoms. The highest BCUT2D eigenvalue weighted by Gasteiger charge is 2.40. The SMILES string of the molecule is C#CCN1CCN(C(=O)CC2c3cc4c(cc3C(=O)N2c2ccccc2)CCC4)CC1. The topological polar surface area (TPSA) is 43.9 Å². The number of benzene rings is 2. The highest BCUT2D eigenvalue weighted by molar-refractivity contribution is 6.11. The van der Waals surface area contributed by atoms with Crippen molar-refractivity contribution in [1.29, 1.82) is 0 Å². The molecule has 2 aromatic carbocycles. The lowest BCUT2D eigenvalue weighted by molar-refractivity contribution is -0.133. The zero-order valence-corrected chi connectivity index (χ0v) is 17.7. The monoisotopic (exact) mass is 413 g/mol. The van der Waals surface area contributed by atoms with Crippen LogP contribution >= 0.6 is 0 Å². The second kappa shape index (κ2) is 8.20. The molecule has 0 radical (unpaired) electrons. The number of piperazine rings is 1. The van der Waals surface area contributed by atoms with E-state index in [1.165, 1.54) is 11.1 Å². The molecular formula is C26H27N3O2. The van der Waals surface area contributed by atoms with Crippen LogP contribution in [0.3, 0.4) is 0 Å². The van der Waals surface area contributed by atoms with Crippen LogP contribution in [-0.2, 0) is 17.6 Å². The zero-order valence-electron chi connectivity index (χ0n) is 17.7. The summed E-state index contributed by atoms with van der Waals surface area (Å²) in [5.41, 5.74) is 5.24. The molecule has 5 heteroatoms. The summed E-state index contributed by atoms with van der Waals surface area (Å²) in [6.45, 7) is 3.59. The van der Waals surface area contributed by atoms with Gasteiger partial charge in [-0.2, -0.15) is 0 Å². The van der Waals surface area contributed by atoms with Crippen molar-refractivity contribution in [1.82, 2.24) is 9.80 Å². The van der Waals surface area contributed by atoms with Crippen LogP contribution < -0.4 is 4.90 Å². The van der Waals surface area contributed by atoms with E-state index >= 15 is 0 Å². The number of fused-ring (bicyclic) bond motifs is 2. The van der Waals surface area contributed by atoms with E-state index in [0.29, 0.717) is 26.1 Å². The van der Waals surface area contributed by atoms with Crippen LogP contribution in [0.4, 0.5) is 5.69 Å². The summed E-state index contributed by atoms with van der Waals surface area (Å²) < 4.78 is 0. The number of aryl methyl sites for hydroxylation is 2. The Morgan fingerprint density at radius 2 is 1.74 bits per heavy atom. The maximum atomic E-state index is 13.5. The molecule has 158 valence electrons. The fraction of sp³-hybridized carbons (Fsp3) is 0.385. The minimum absolute atomic E-state index is 0.00698. The zero-order chi connectivity index (χ0) is 21.4. The number of amides is 2. The Hall–Kier alpha value is -3.10. The van der Waals surface area contributed by atoms with Crippen LogP contribution in [0.2, 0.25) is 0 Å². The average Bonchev–Trinajstić information content (AvgIpc) is 3.36. The summed E-state index contributed by atoms with van der Waals surface area (Å²) in [6.07, 6.45) is 8.96. The number of rotatable bonds is 4. The molecule has 0 bridgehead atoms. The van der Waals surface area contributed by atoms with Gasteiger partial charge in [0.05, 0.1) is 19.0 Å². The summed E-state index contributed by atoms with van der Waals surface area (Å²) in [5, 5.41) is 0. The summed E-state index contributed by atoms with van der Waals surface area (Å²) in [6, 6.07) is 13.7. The molecule has 2 heterocycles. The van der Waals surface area contributed by atoms with Gasteiger partial charge in [-0.25, -0.2) is 0 Å². The summed E-state index contributed by atoms with van der Waals surface area (Å²) >= 11 is 0. The first-order valence-electron chi connectivity index (χ1n) is 11.1. The fourth-order valence-electron chi connectivity index (χ4n) is 5.18. The van der Waals surface area contributed by atoms with Crippen molar-refractivity contribution in [2.24, 2.45) is 0 Å². The first-order chi connectivity index (χ1) is 15.2. The van der Waals surface area contributed by atoms with Crippen LogP contribution in [0.25, 0.3) is 0 Å². The van der Waals surface area contributed by atoms with Gasteiger partial charge in [-0.3, -0.25) is 14.5 Å². The van der Waals surface area contributed by atoms with E-state index in [-0.39, 0.29) is 17.9 Å². The summed E-state index contributed by atoms with van der Waals surface area (Å²) in [4.78, 5) is 32.7. The highest BCUT2D eigenvalue weighted by Crippen LogP contribution is 2.42. The number of carbonyl (C=O) groups excluding carboxylic acids is 2. The minimum atomic E-state index is -0.257. The van der Waals surface area contributed by atoms with Crippen molar-refractivity contribution >= 4 is 17.5 Å². The van der Waals surface area contributed by atoms with Crippen molar-refractivity contribution in [3.05, 3.63) is 64.7 Å². The van der Waals surface area contributed by atoms with Crippen LogP contribution in [0, 0.1) is 12.3 Å². The molecule has 0 saturated carbocycles. The van der Waals surface area contributed by atoms with Crippen LogP contribution in [0.5, 0.6) is 0 Å². The molecule has 2 aromatic rings. The van der Waals surface area contributed by atoms with Gasteiger partial charge in [0.1, 0.15) is 0 Å². The maximum Gasteiger partial charge on any atom is 0.259 e. The highest BCUT2D eigenvalue weighted by atomic mass is 16.2. The molecule has 1 saturated heterocycles. The molecule has 5 nitrogen and oxygen atoms in total. The largest absolute Gasteiger partial charge is 0.340 e. The van der Waals surface area contributed by atoms with Gasteiger partial charge in [-0.1, -0.05) is 30.2 Å². The molecule has 5 rings (SSSR count).